The van der Waals surface area contributed by atoms with Crippen LogP contribution in [0.3, 0.4) is 0 Å². The fraction of sp³-hybridized carbons (Fsp3) is 0.190. The minimum atomic E-state index is -1.72. The molecule has 2 heterocycles. The minimum absolute atomic E-state index is 0.232. The van der Waals surface area contributed by atoms with Crippen molar-refractivity contribution in [3.8, 4) is 11.5 Å². The van der Waals surface area contributed by atoms with Crippen molar-refractivity contribution in [1.82, 2.24) is 4.98 Å². The third-order valence-corrected chi connectivity index (χ3v) is 4.60. The first-order valence-electron chi connectivity index (χ1n) is 8.38. The lowest BCUT2D eigenvalue weighted by Gasteiger charge is -2.20. The molecule has 4 rings (SSSR count). The molecule has 0 N–H and O–H groups in total. The first-order valence-corrected chi connectivity index (χ1v) is 8.38. The van der Waals surface area contributed by atoms with E-state index in [0.717, 1.165) is 22.6 Å². The Kier molecular flexibility index (Phi) is 4.29. The van der Waals surface area contributed by atoms with Crippen LogP contribution in [0.1, 0.15) is 17.7 Å². The molecule has 2 aromatic rings. The number of fused-ring (bicyclic) bond motifs is 1. The number of rotatable bonds is 4. The van der Waals surface area contributed by atoms with Gasteiger partial charge in [0.1, 0.15) is 0 Å². The van der Waals surface area contributed by atoms with E-state index in [-0.39, 0.29) is 12.4 Å². The number of hydrogen-bond acceptors (Lipinski definition) is 4. The first-order chi connectivity index (χ1) is 12.6. The van der Waals surface area contributed by atoms with Crippen LogP contribution in [0.5, 0.6) is 11.5 Å². The van der Waals surface area contributed by atoms with E-state index < -0.39 is 12.0 Å². The second kappa shape index (κ2) is 6.75. The molecule has 1 atom stereocenters. The highest BCUT2D eigenvalue weighted by molar-refractivity contribution is 6.10. The van der Waals surface area contributed by atoms with E-state index in [4.69, 9.17) is 9.47 Å². The fourth-order valence-corrected chi connectivity index (χ4v) is 3.14. The largest absolute Gasteiger partial charge is 0.454 e. The molecule has 0 bridgehead atoms. The Morgan fingerprint density at radius 1 is 1.15 bits per heavy atom. The predicted octanol–water partition coefficient (Wildman–Crippen LogP) is 3.88. The topological polar surface area (TPSA) is 48.4 Å². The molecule has 1 aliphatic heterocycles. The summed E-state index contributed by atoms with van der Waals surface area (Å²) in [5.41, 5.74) is 2.79. The van der Waals surface area contributed by atoms with Crippen LogP contribution in [0.2, 0.25) is 0 Å². The maximum absolute atomic E-state index is 14.5. The maximum atomic E-state index is 14.5. The molecule has 26 heavy (non-hydrogen) atoms. The summed E-state index contributed by atoms with van der Waals surface area (Å²) in [6.45, 7) is 4.02. The number of alkyl halides is 1. The van der Waals surface area contributed by atoms with Crippen LogP contribution in [0.4, 0.5) is 4.39 Å². The standard InChI is InChI=1S/C21H17FNO3/c1-13-15(7-5-14-6-8-18-19(10-14)26-12-25-18)11-16(20(22)21(13)24)17-4-2-3-9-23-17/h2-4,6,8-11,20H,1,5,7,12H2. The number of nitrogens with zero attached hydrogens (tertiary/aromatic N) is 1. The lowest BCUT2D eigenvalue weighted by Crippen LogP contribution is -2.23. The summed E-state index contributed by atoms with van der Waals surface area (Å²) in [6.07, 6.45) is 2.84. The molecule has 4 nitrogen and oxygen atoms in total. The Morgan fingerprint density at radius 3 is 2.81 bits per heavy atom. The maximum Gasteiger partial charge on any atom is 0.231 e. The Balaban J connectivity index is 1.58. The van der Waals surface area contributed by atoms with E-state index in [1.165, 1.54) is 0 Å². The summed E-state index contributed by atoms with van der Waals surface area (Å²) in [4.78, 5) is 16.5. The van der Waals surface area contributed by atoms with Gasteiger partial charge in [0.05, 0.1) is 5.69 Å². The molecule has 5 heteroatoms. The van der Waals surface area contributed by atoms with E-state index in [0.29, 0.717) is 24.1 Å². The van der Waals surface area contributed by atoms with Crippen molar-refractivity contribution < 1.29 is 18.7 Å². The second-order valence-electron chi connectivity index (χ2n) is 6.23. The summed E-state index contributed by atoms with van der Waals surface area (Å²) in [5.74, 6) is 0.865. The van der Waals surface area contributed by atoms with E-state index >= 15 is 0 Å². The quantitative estimate of drug-likeness (QED) is 0.840. The third-order valence-electron chi connectivity index (χ3n) is 4.60. The Morgan fingerprint density at radius 2 is 2.00 bits per heavy atom. The molecule has 1 unspecified atom stereocenters. The number of benzene rings is 1. The van der Waals surface area contributed by atoms with Gasteiger partial charge >= 0.3 is 0 Å². The van der Waals surface area contributed by atoms with Gasteiger partial charge in [0.2, 0.25) is 6.79 Å². The highest BCUT2D eigenvalue weighted by Crippen LogP contribution is 2.34. The van der Waals surface area contributed by atoms with E-state index in [1.54, 1.807) is 30.5 Å². The van der Waals surface area contributed by atoms with Gasteiger partial charge in [0.15, 0.2) is 23.5 Å². The van der Waals surface area contributed by atoms with Crippen molar-refractivity contribution in [2.45, 2.75) is 19.0 Å². The molecule has 1 aliphatic carbocycles. The normalized spacial score (nSPS) is 18.9. The van der Waals surface area contributed by atoms with Gasteiger partial charge in [-0.3, -0.25) is 9.78 Å². The lowest BCUT2D eigenvalue weighted by atomic mass is 9.86. The summed E-state index contributed by atoms with van der Waals surface area (Å²) in [5, 5.41) is 0. The molecule has 0 saturated heterocycles. The molecule has 0 saturated carbocycles. The Bertz CT molecular complexity index is 918. The molecule has 131 valence electrons. The van der Waals surface area contributed by atoms with Crippen LogP contribution in [0.15, 0.2) is 59.8 Å². The number of halogens is 1. The third kappa shape index (κ3) is 3.01. The Labute approximate surface area is 151 Å². The number of hydrogen-bond donors (Lipinski definition) is 0. The van der Waals surface area contributed by atoms with Gasteiger partial charge in [-0.25, -0.2) is 4.39 Å². The van der Waals surface area contributed by atoms with Gasteiger partial charge in [-0.1, -0.05) is 12.1 Å². The SMILES string of the molecule is [CH2]C1=C(CCc2ccc3c(c2)OCO3)C=C(c2ccccn2)C(F)C1=O. The van der Waals surface area contributed by atoms with Crippen molar-refractivity contribution in [3.05, 3.63) is 78.0 Å². The highest BCUT2D eigenvalue weighted by Gasteiger charge is 2.30. The van der Waals surface area contributed by atoms with Crippen LogP contribution < -0.4 is 9.47 Å². The number of aryl methyl sites for hydroxylation is 1. The molecule has 0 spiro atoms. The average molecular weight is 350 g/mol. The number of carbonyl (C=O) groups is 1. The summed E-state index contributed by atoms with van der Waals surface area (Å²) < 4.78 is 25.2. The van der Waals surface area contributed by atoms with E-state index in [1.807, 2.05) is 18.2 Å². The zero-order chi connectivity index (χ0) is 18.1. The monoisotopic (exact) mass is 350 g/mol. The van der Waals surface area contributed by atoms with Gasteiger partial charge in [0, 0.05) is 17.3 Å². The molecule has 1 radical (unpaired) electrons. The van der Waals surface area contributed by atoms with Crippen molar-refractivity contribution >= 4 is 11.4 Å². The van der Waals surface area contributed by atoms with Crippen LogP contribution >= 0.6 is 0 Å². The number of pyridine rings is 1. The van der Waals surface area contributed by atoms with Crippen LogP contribution in [-0.4, -0.2) is 23.7 Å². The number of allylic oxidation sites excluding steroid dienone is 4. The van der Waals surface area contributed by atoms with Gasteiger partial charge in [-0.05, 0) is 61.2 Å². The first kappa shape index (κ1) is 16.5. The van der Waals surface area contributed by atoms with Crippen molar-refractivity contribution in [2.24, 2.45) is 0 Å². The zero-order valence-electron chi connectivity index (χ0n) is 14.1. The smallest absolute Gasteiger partial charge is 0.231 e. The number of ketones is 1. The predicted molar refractivity (Wildman–Crippen MR) is 95.4 cm³/mol. The van der Waals surface area contributed by atoms with Crippen LogP contribution in [0.25, 0.3) is 5.57 Å². The minimum Gasteiger partial charge on any atom is -0.454 e. The van der Waals surface area contributed by atoms with Crippen molar-refractivity contribution in [2.75, 3.05) is 6.79 Å². The summed E-state index contributed by atoms with van der Waals surface area (Å²) >= 11 is 0. The molecule has 1 aromatic heterocycles. The molecule has 2 aliphatic rings. The van der Waals surface area contributed by atoms with Crippen molar-refractivity contribution in [3.63, 3.8) is 0 Å². The lowest BCUT2D eigenvalue weighted by molar-refractivity contribution is -0.118. The molecule has 1 aromatic carbocycles. The number of ether oxygens (including phenoxy) is 2. The fourth-order valence-electron chi connectivity index (χ4n) is 3.14. The molecule has 0 fully saturated rings. The molecule has 0 amide bonds. The number of aromatic nitrogens is 1. The number of carbonyl (C=O) groups excluding carboxylic acids is 1. The van der Waals surface area contributed by atoms with Gasteiger partial charge in [-0.2, -0.15) is 0 Å². The zero-order valence-corrected chi connectivity index (χ0v) is 14.1. The van der Waals surface area contributed by atoms with E-state index in [2.05, 4.69) is 11.9 Å². The molecular formula is C21H17FNO3. The van der Waals surface area contributed by atoms with Gasteiger partial charge in [-0.15, -0.1) is 0 Å². The summed E-state index contributed by atoms with van der Waals surface area (Å²) in [6, 6.07) is 11.0. The van der Waals surface area contributed by atoms with Gasteiger partial charge < -0.3 is 9.47 Å². The highest BCUT2D eigenvalue weighted by atomic mass is 19.1. The number of Topliss-reactive ketones (excluding diaryl/α,β-unsaturated/α-hetero) is 1. The average Bonchev–Trinajstić information content (AvgIpc) is 3.14. The molecular weight excluding hydrogens is 333 g/mol. The second-order valence-corrected chi connectivity index (χ2v) is 6.23. The summed E-state index contributed by atoms with van der Waals surface area (Å²) in [7, 11) is 0. The van der Waals surface area contributed by atoms with Crippen LogP contribution in [-0.2, 0) is 11.2 Å². The van der Waals surface area contributed by atoms with Crippen molar-refractivity contribution in [1.29, 1.82) is 0 Å². The van der Waals surface area contributed by atoms with Crippen LogP contribution in [0, 0.1) is 6.92 Å². The van der Waals surface area contributed by atoms with Gasteiger partial charge in [0.25, 0.3) is 0 Å². The van der Waals surface area contributed by atoms with E-state index in [9.17, 15) is 9.18 Å². The Hall–Kier alpha value is -2.95.